The van der Waals surface area contributed by atoms with E-state index in [1.54, 1.807) is 11.8 Å². The molecule has 2 fully saturated rings. The monoisotopic (exact) mass is 264 g/mol. The van der Waals surface area contributed by atoms with E-state index in [4.69, 9.17) is 5.73 Å². The number of β-amino-alcohol motifs (C(OH)–C–C–N with tert-alkyl or cyclic N) is 1. The Balaban J connectivity index is 1.79. The molecular formula is C13H20N4O2. The van der Waals surface area contributed by atoms with Crippen molar-refractivity contribution in [2.24, 2.45) is 0 Å². The minimum atomic E-state index is -0.807. The number of hydrogen-bond acceptors (Lipinski definition) is 4. The van der Waals surface area contributed by atoms with Crippen LogP contribution in [0.15, 0.2) is 0 Å². The van der Waals surface area contributed by atoms with E-state index < -0.39 is 5.60 Å². The number of nitrogen functional groups attached to an aromatic ring is 1. The van der Waals surface area contributed by atoms with Gasteiger partial charge in [-0.05, 0) is 32.6 Å². The van der Waals surface area contributed by atoms with Gasteiger partial charge in [0.15, 0.2) is 5.69 Å². The zero-order valence-corrected chi connectivity index (χ0v) is 11.1. The van der Waals surface area contributed by atoms with Crippen LogP contribution >= 0.6 is 0 Å². The lowest BCUT2D eigenvalue weighted by molar-refractivity contribution is -0.0109. The Labute approximate surface area is 112 Å². The molecule has 1 aliphatic heterocycles. The molecule has 4 N–H and O–H groups in total. The average Bonchev–Trinajstić information content (AvgIpc) is 3.11. The Morgan fingerprint density at radius 3 is 2.95 bits per heavy atom. The van der Waals surface area contributed by atoms with E-state index in [9.17, 15) is 9.90 Å². The van der Waals surface area contributed by atoms with Crippen LogP contribution in [0.3, 0.4) is 0 Å². The van der Waals surface area contributed by atoms with Crippen molar-refractivity contribution in [1.29, 1.82) is 0 Å². The van der Waals surface area contributed by atoms with E-state index in [2.05, 4.69) is 10.2 Å². The van der Waals surface area contributed by atoms with Crippen molar-refractivity contribution in [2.75, 3.05) is 18.8 Å². The molecule has 2 aliphatic rings. The second kappa shape index (κ2) is 4.23. The Kier molecular flexibility index (Phi) is 2.78. The summed E-state index contributed by atoms with van der Waals surface area (Å²) in [5, 5.41) is 17.0. The molecule has 1 aromatic heterocycles. The van der Waals surface area contributed by atoms with E-state index in [1.165, 1.54) is 0 Å². The first kappa shape index (κ1) is 12.5. The van der Waals surface area contributed by atoms with Crippen molar-refractivity contribution in [1.82, 2.24) is 15.1 Å². The van der Waals surface area contributed by atoms with Crippen molar-refractivity contribution in [3.63, 3.8) is 0 Å². The lowest BCUT2D eigenvalue weighted by atomic mass is 9.95. The van der Waals surface area contributed by atoms with Gasteiger partial charge >= 0.3 is 0 Å². The number of nitrogens with one attached hydrogen (secondary N) is 1. The molecule has 1 unspecified atom stereocenters. The first-order valence-corrected chi connectivity index (χ1v) is 6.83. The van der Waals surface area contributed by atoms with Crippen molar-refractivity contribution < 1.29 is 9.90 Å². The highest BCUT2D eigenvalue weighted by Crippen LogP contribution is 2.42. The van der Waals surface area contributed by atoms with Gasteiger partial charge in [-0.1, -0.05) is 0 Å². The summed E-state index contributed by atoms with van der Waals surface area (Å²) in [5.41, 5.74) is 6.89. The fourth-order valence-corrected chi connectivity index (χ4v) is 2.75. The minimum Gasteiger partial charge on any atom is -0.395 e. The van der Waals surface area contributed by atoms with Crippen LogP contribution in [0.1, 0.15) is 54.7 Å². The molecule has 19 heavy (non-hydrogen) atoms. The number of piperidine rings is 1. The fraction of sp³-hybridized carbons (Fsp3) is 0.692. The van der Waals surface area contributed by atoms with Crippen LogP contribution in [0.5, 0.6) is 0 Å². The van der Waals surface area contributed by atoms with Crippen LogP contribution in [0, 0.1) is 0 Å². The standard InChI is InChI=1S/C13H20N4O2/c1-13(19)5-2-6-17(7-13)12(18)11-9(14)10(15-16-11)8-3-4-8/h8,19H,2-7,14H2,1H3,(H,15,16). The second-order valence-electron chi connectivity index (χ2n) is 6.00. The fourth-order valence-electron chi connectivity index (χ4n) is 2.75. The number of rotatable bonds is 2. The van der Waals surface area contributed by atoms with Crippen LogP contribution in [0.4, 0.5) is 5.69 Å². The van der Waals surface area contributed by atoms with Gasteiger partial charge < -0.3 is 15.7 Å². The second-order valence-corrected chi connectivity index (χ2v) is 6.00. The van der Waals surface area contributed by atoms with Crippen LogP contribution < -0.4 is 5.73 Å². The van der Waals surface area contributed by atoms with E-state index in [1.807, 2.05) is 0 Å². The van der Waals surface area contributed by atoms with Gasteiger partial charge in [-0.15, -0.1) is 0 Å². The normalized spacial score (nSPS) is 27.6. The van der Waals surface area contributed by atoms with Gasteiger partial charge in [0.2, 0.25) is 0 Å². The van der Waals surface area contributed by atoms with Crippen molar-refractivity contribution in [2.45, 2.75) is 44.1 Å². The predicted octanol–water partition coefficient (Wildman–Crippen LogP) is 0.856. The zero-order valence-electron chi connectivity index (χ0n) is 11.1. The Hall–Kier alpha value is -1.56. The summed E-state index contributed by atoms with van der Waals surface area (Å²) in [5.74, 6) is 0.263. The summed E-state index contributed by atoms with van der Waals surface area (Å²) in [6.45, 7) is 2.76. The smallest absolute Gasteiger partial charge is 0.276 e. The molecule has 1 saturated carbocycles. The Bertz CT molecular complexity index is 505. The zero-order chi connectivity index (χ0) is 13.6. The maximum absolute atomic E-state index is 12.4. The van der Waals surface area contributed by atoms with Crippen LogP contribution in [-0.2, 0) is 0 Å². The number of carbonyl (C=O) groups is 1. The molecule has 0 spiro atoms. The molecule has 1 atom stereocenters. The molecule has 104 valence electrons. The minimum absolute atomic E-state index is 0.180. The van der Waals surface area contributed by atoms with E-state index in [0.717, 1.165) is 31.4 Å². The molecule has 0 bridgehead atoms. The number of aliphatic hydroxyl groups is 1. The molecular weight excluding hydrogens is 244 g/mol. The van der Waals surface area contributed by atoms with Gasteiger partial charge in [-0.3, -0.25) is 9.89 Å². The maximum atomic E-state index is 12.4. The number of anilines is 1. The van der Waals surface area contributed by atoms with Gasteiger partial charge in [0.1, 0.15) is 0 Å². The SMILES string of the molecule is CC1(O)CCCN(C(=O)c2n[nH]c(C3CC3)c2N)C1. The summed E-state index contributed by atoms with van der Waals surface area (Å²) in [6, 6.07) is 0. The van der Waals surface area contributed by atoms with Gasteiger partial charge in [-0.25, -0.2) is 0 Å². The van der Waals surface area contributed by atoms with Gasteiger partial charge in [0, 0.05) is 19.0 Å². The third kappa shape index (κ3) is 2.32. The van der Waals surface area contributed by atoms with Crippen molar-refractivity contribution in [3.8, 4) is 0 Å². The lowest BCUT2D eigenvalue weighted by Crippen LogP contribution is -2.48. The first-order chi connectivity index (χ1) is 8.98. The summed E-state index contributed by atoms with van der Waals surface area (Å²) in [6.07, 6.45) is 3.75. The number of nitrogens with zero attached hydrogens (tertiary/aromatic N) is 2. The first-order valence-electron chi connectivity index (χ1n) is 6.83. The molecule has 6 nitrogen and oxygen atoms in total. The number of carbonyl (C=O) groups excluding carboxylic acids is 1. The highest BCUT2D eigenvalue weighted by Gasteiger charge is 2.35. The third-order valence-corrected chi connectivity index (χ3v) is 3.98. The average molecular weight is 264 g/mol. The van der Waals surface area contributed by atoms with Gasteiger partial charge in [-0.2, -0.15) is 5.10 Å². The van der Waals surface area contributed by atoms with Crippen LogP contribution in [0.2, 0.25) is 0 Å². The number of likely N-dealkylation sites (tertiary alicyclic amines) is 1. The summed E-state index contributed by atoms with van der Waals surface area (Å²) >= 11 is 0. The topological polar surface area (TPSA) is 95.2 Å². The highest BCUT2D eigenvalue weighted by atomic mass is 16.3. The molecule has 2 heterocycles. The number of hydrogen-bond donors (Lipinski definition) is 3. The van der Waals surface area contributed by atoms with E-state index in [-0.39, 0.29) is 5.91 Å². The summed E-state index contributed by atoms with van der Waals surface area (Å²) in [4.78, 5) is 14.1. The predicted molar refractivity (Wildman–Crippen MR) is 70.7 cm³/mol. The molecule has 1 saturated heterocycles. The molecule has 3 rings (SSSR count). The molecule has 0 aromatic carbocycles. The van der Waals surface area contributed by atoms with Crippen LogP contribution in [0.25, 0.3) is 0 Å². The molecule has 1 amide bonds. The number of aromatic amines is 1. The number of aromatic nitrogens is 2. The Morgan fingerprint density at radius 2 is 2.32 bits per heavy atom. The molecule has 1 aromatic rings. The summed E-state index contributed by atoms with van der Waals surface area (Å²) < 4.78 is 0. The largest absolute Gasteiger partial charge is 0.395 e. The van der Waals surface area contributed by atoms with E-state index >= 15 is 0 Å². The molecule has 6 heteroatoms. The van der Waals surface area contributed by atoms with Gasteiger partial charge in [0.05, 0.1) is 17.0 Å². The molecule has 0 radical (unpaired) electrons. The van der Waals surface area contributed by atoms with E-state index in [0.29, 0.717) is 30.4 Å². The Morgan fingerprint density at radius 1 is 1.58 bits per heavy atom. The van der Waals surface area contributed by atoms with Crippen molar-refractivity contribution in [3.05, 3.63) is 11.4 Å². The third-order valence-electron chi connectivity index (χ3n) is 3.98. The number of nitrogens with two attached hydrogens (primary N) is 1. The number of H-pyrrole nitrogens is 1. The van der Waals surface area contributed by atoms with Crippen LogP contribution in [-0.4, -0.2) is 44.8 Å². The highest BCUT2D eigenvalue weighted by molar-refractivity contribution is 5.97. The maximum Gasteiger partial charge on any atom is 0.276 e. The van der Waals surface area contributed by atoms with Gasteiger partial charge in [0.25, 0.3) is 5.91 Å². The lowest BCUT2D eigenvalue weighted by Gasteiger charge is -2.36. The summed E-state index contributed by atoms with van der Waals surface area (Å²) in [7, 11) is 0. The number of amides is 1. The quantitative estimate of drug-likeness (QED) is 0.738. The molecule has 1 aliphatic carbocycles. The van der Waals surface area contributed by atoms with Crippen molar-refractivity contribution >= 4 is 11.6 Å².